The fraction of sp³-hybridized carbons (Fsp3) is 0.129. The number of nitrogens with one attached hydrogen (secondary N) is 1. The number of amides is 1. The largest absolute Gasteiger partial charge is 0.381 e. The zero-order valence-electron chi connectivity index (χ0n) is 23.4. The van der Waals surface area contributed by atoms with Crippen molar-refractivity contribution in [1.82, 2.24) is 34.3 Å². The van der Waals surface area contributed by atoms with Crippen molar-refractivity contribution in [2.75, 3.05) is 5.73 Å². The fourth-order valence-corrected chi connectivity index (χ4v) is 4.70. The van der Waals surface area contributed by atoms with Gasteiger partial charge in [-0.1, -0.05) is 42.2 Å². The van der Waals surface area contributed by atoms with Gasteiger partial charge in [0.15, 0.2) is 11.5 Å². The predicted octanol–water partition coefficient (Wildman–Crippen LogP) is 1.74. The van der Waals surface area contributed by atoms with Crippen molar-refractivity contribution < 1.29 is 4.79 Å². The normalized spacial score (nSPS) is 12.8. The summed E-state index contributed by atoms with van der Waals surface area (Å²) >= 11 is 0. The van der Waals surface area contributed by atoms with Gasteiger partial charge < -0.3 is 15.6 Å². The molecule has 0 saturated carbocycles. The number of allylic oxidation sites excluding steroid dienone is 4. The Morgan fingerprint density at radius 2 is 2.02 bits per heavy atom. The van der Waals surface area contributed by atoms with Gasteiger partial charge in [-0.15, -0.1) is 11.5 Å². The van der Waals surface area contributed by atoms with Crippen LogP contribution in [0.3, 0.4) is 0 Å². The van der Waals surface area contributed by atoms with Crippen LogP contribution in [0.2, 0.25) is 0 Å². The number of carbonyl (C=O) groups is 1. The molecule has 1 aromatic carbocycles. The molecule has 0 aliphatic rings. The Morgan fingerprint density at radius 1 is 1.19 bits per heavy atom. The van der Waals surface area contributed by atoms with Crippen molar-refractivity contribution >= 4 is 36.0 Å². The number of nitrogens with two attached hydrogens (primary N) is 1. The number of pyridine rings is 1. The standard InChI is InChI=1S/C31H27BN8O2/c1-4-5-6-7-8-17-39-24(31(2,32)35-29(41)26-27(33)37-40-18-10-16-34-28(26)40)20-22-12-9-11-21(25(22)30(39)42)13-14-23-15-19-38(3)36-23/h1,5-12,15-16,18-20H,17,32H2,2-3H3,(H2,33,37)(H,35,41)/b6-5-,8-7-/t31-/m0/s1. The van der Waals surface area contributed by atoms with Crippen LogP contribution in [0.25, 0.3) is 16.4 Å². The highest BCUT2D eigenvalue weighted by atomic mass is 16.2. The molecule has 1 amide bonds. The molecule has 0 saturated heterocycles. The average molecular weight is 554 g/mol. The Balaban J connectivity index is 1.62. The van der Waals surface area contributed by atoms with E-state index in [-0.39, 0.29) is 23.5 Å². The second-order valence-electron chi connectivity index (χ2n) is 10.0. The Kier molecular flexibility index (Phi) is 7.50. The number of nitrogens with zero attached hydrogens (tertiary/aromatic N) is 6. The van der Waals surface area contributed by atoms with Crippen LogP contribution in [0, 0.1) is 24.2 Å². The lowest BCUT2D eigenvalue weighted by Crippen LogP contribution is -2.47. The van der Waals surface area contributed by atoms with Crippen molar-refractivity contribution in [2.24, 2.45) is 7.05 Å². The van der Waals surface area contributed by atoms with Crippen LogP contribution in [0.5, 0.6) is 0 Å². The predicted molar refractivity (Wildman–Crippen MR) is 165 cm³/mol. The Morgan fingerprint density at radius 3 is 2.79 bits per heavy atom. The van der Waals surface area contributed by atoms with Gasteiger partial charge >= 0.3 is 0 Å². The highest BCUT2D eigenvalue weighted by Crippen LogP contribution is 2.25. The average Bonchev–Trinajstić information content (AvgIpc) is 3.53. The molecule has 5 rings (SSSR count). The first-order valence-electron chi connectivity index (χ1n) is 13.1. The summed E-state index contributed by atoms with van der Waals surface area (Å²) in [6.45, 7) is 2.05. The topological polar surface area (TPSA) is 125 Å². The number of rotatable bonds is 6. The highest BCUT2D eigenvalue weighted by Gasteiger charge is 2.30. The van der Waals surface area contributed by atoms with Crippen LogP contribution < -0.4 is 16.6 Å². The van der Waals surface area contributed by atoms with Gasteiger partial charge in [-0.3, -0.25) is 14.3 Å². The Hall–Kier alpha value is -5.81. The Bertz CT molecular complexity index is 2060. The molecule has 0 fully saturated rings. The molecule has 0 bridgehead atoms. The molecular weight excluding hydrogens is 527 g/mol. The molecule has 0 aliphatic carbocycles. The van der Waals surface area contributed by atoms with Crippen molar-refractivity contribution in [1.29, 1.82) is 0 Å². The lowest BCUT2D eigenvalue weighted by molar-refractivity contribution is 0.0931. The summed E-state index contributed by atoms with van der Waals surface area (Å²) in [5.41, 5.74) is 7.07. The second-order valence-corrected chi connectivity index (χ2v) is 10.0. The molecule has 4 aromatic heterocycles. The Labute approximate surface area is 243 Å². The van der Waals surface area contributed by atoms with Crippen LogP contribution in [-0.4, -0.2) is 42.7 Å². The lowest BCUT2D eigenvalue weighted by Gasteiger charge is -2.30. The van der Waals surface area contributed by atoms with E-state index in [9.17, 15) is 9.59 Å². The van der Waals surface area contributed by atoms with Crippen LogP contribution in [0.1, 0.15) is 34.2 Å². The maximum Gasteiger partial charge on any atom is 0.260 e. The molecule has 11 heteroatoms. The second kappa shape index (κ2) is 11.4. The first-order valence-corrected chi connectivity index (χ1v) is 13.1. The van der Waals surface area contributed by atoms with Gasteiger partial charge in [0.05, 0.1) is 5.39 Å². The number of benzene rings is 1. The number of nitrogen functional groups attached to an aromatic ring is 1. The van der Waals surface area contributed by atoms with Gasteiger partial charge in [0.25, 0.3) is 11.5 Å². The van der Waals surface area contributed by atoms with Gasteiger partial charge in [0, 0.05) is 48.9 Å². The zero-order chi connectivity index (χ0) is 29.9. The minimum Gasteiger partial charge on any atom is -0.381 e. The van der Waals surface area contributed by atoms with E-state index >= 15 is 0 Å². The van der Waals surface area contributed by atoms with E-state index in [1.54, 1.807) is 58.2 Å². The number of aromatic nitrogens is 6. The molecule has 0 spiro atoms. The molecular formula is C31H27BN8O2. The highest BCUT2D eigenvalue weighted by molar-refractivity contribution is 6.18. The molecule has 0 radical (unpaired) electrons. The minimum absolute atomic E-state index is 0.0530. The number of terminal acetylenes is 1. The van der Waals surface area contributed by atoms with Crippen molar-refractivity contribution in [2.45, 2.75) is 18.9 Å². The number of hydrogen-bond acceptors (Lipinski definition) is 6. The van der Waals surface area contributed by atoms with Gasteiger partial charge in [0.2, 0.25) is 0 Å². The van der Waals surface area contributed by atoms with E-state index in [4.69, 9.17) is 12.2 Å². The molecule has 1 atom stereocenters. The van der Waals surface area contributed by atoms with Gasteiger partial charge in [-0.25, -0.2) is 9.50 Å². The summed E-state index contributed by atoms with van der Waals surface area (Å²) in [4.78, 5) is 32.0. The first-order chi connectivity index (χ1) is 20.2. The molecule has 42 heavy (non-hydrogen) atoms. The van der Waals surface area contributed by atoms with E-state index in [1.165, 1.54) is 4.52 Å². The van der Waals surface area contributed by atoms with Gasteiger partial charge in [-0.2, -0.15) is 5.10 Å². The molecule has 4 heterocycles. The SMILES string of the molecule is B[C@@](C)(NC(=O)c1c(N)nn2cccnc12)c1cc2cccc(C#Cc3ccn(C)n3)c2c(=O)n1C/C=C\C=C/C#C. The summed E-state index contributed by atoms with van der Waals surface area (Å²) in [6, 6.07) is 10.9. The van der Waals surface area contributed by atoms with Crippen LogP contribution >= 0.6 is 0 Å². The number of fused-ring (bicyclic) bond motifs is 2. The number of aryl methyl sites for hydroxylation is 1. The molecule has 10 nitrogen and oxygen atoms in total. The monoisotopic (exact) mass is 554 g/mol. The van der Waals surface area contributed by atoms with Gasteiger partial charge in [-0.05, 0) is 48.6 Å². The van der Waals surface area contributed by atoms with Crippen LogP contribution in [0.15, 0.2) is 84.1 Å². The summed E-state index contributed by atoms with van der Waals surface area (Å²) in [5, 5.41) is 12.7. The van der Waals surface area contributed by atoms with E-state index < -0.39 is 11.3 Å². The van der Waals surface area contributed by atoms with Crippen molar-refractivity contribution in [3.63, 3.8) is 0 Å². The quantitative estimate of drug-likeness (QED) is 0.187. The fourth-order valence-electron chi connectivity index (χ4n) is 4.70. The molecule has 206 valence electrons. The van der Waals surface area contributed by atoms with Crippen molar-refractivity contribution in [3.8, 4) is 24.2 Å². The van der Waals surface area contributed by atoms with Crippen LogP contribution in [0.4, 0.5) is 5.82 Å². The van der Waals surface area contributed by atoms with Gasteiger partial charge in [0.1, 0.15) is 19.1 Å². The smallest absolute Gasteiger partial charge is 0.260 e. The number of anilines is 1. The van der Waals surface area contributed by atoms with E-state index in [1.807, 2.05) is 52.2 Å². The zero-order valence-corrected chi connectivity index (χ0v) is 23.4. The van der Waals surface area contributed by atoms with E-state index in [0.717, 1.165) is 0 Å². The summed E-state index contributed by atoms with van der Waals surface area (Å²) in [6.07, 6.45) is 17.2. The molecule has 0 unspecified atom stereocenters. The maximum atomic E-state index is 14.1. The third-order valence-corrected chi connectivity index (χ3v) is 6.62. The third-order valence-electron chi connectivity index (χ3n) is 6.62. The summed E-state index contributed by atoms with van der Waals surface area (Å²) in [5.74, 6) is 8.17. The molecule has 0 aliphatic heterocycles. The molecule has 5 aromatic rings. The summed E-state index contributed by atoms with van der Waals surface area (Å²) < 4.78 is 4.73. The number of hydrogen-bond donors (Lipinski definition) is 2. The van der Waals surface area contributed by atoms with E-state index in [0.29, 0.717) is 33.4 Å². The lowest BCUT2D eigenvalue weighted by atomic mass is 9.75. The number of carbonyl (C=O) groups excluding carboxylic acids is 1. The van der Waals surface area contributed by atoms with E-state index in [2.05, 4.69) is 38.3 Å². The van der Waals surface area contributed by atoms with Crippen molar-refractivity contribution in [3.05, 3.63) is 112 Å². The summed E-state index contributed by atoms with van der Waals surface area (Å²) in [7, 11) is 3.64. The maximum absolute atomic E-state index is 14.1. The third kappa shape index (κ3) is 5.44. The first kappa shape index (κ1) is 27.8. The molecule has 3 N–H and O–H groups in total. The van der Waals surface area contributed by atoms with Crippen LogP contribution in [-0.2, 0) is 19.0 Å². The minimum atomic E-state index is -1.02.